The minimum atomic E-state index is 0.807. The summed E-state index contributed by atoms with van der Waals surface area (Å²) in [7, 11) is 2.08. The fraction of sp³-hybridized carbons (Fsp3) is 0.125. The number of halogens is 2. The van der Waals surface area contributed by atoms with E-state index in [0.717, 1.165) is 21.2 Å². The molecule has 4 heteroatoms. The second-order valence-corrected chi connectivity index (χ2v) is 6.53. The van der Waals surface area contributed by atoms with Crippen molar-refractivity contribution in [1.29, 1.82) is 0 Å². The van der Waals surface area contributed by atoms with Gasteiger partial charge in [0.1, 0.15) is 0 Å². The van der Waals surface area contributed by atoms with Gasteiger partial charge in [0.15, 0.2) is 0 Å². The van der Waals surface area contributed by atoms with Crippen LogP contribution in [0.1, 0.15) is 5.56 Å². The molecule has 0 saturated carbocycles. The molecule has 0 bridgehead atoms. The largest absolute Gasteiger partial charge is 0.380 e. The van der Waals surface area contributed by atoms with Gasteiger partial charge in [-0.25, -0.2) is 0 Å². The van der Waals surface area contributed by atoms with Gasteiger partial charge in [0, 0.05) is 45.3 Å². The highest BCUT2D eigenvalue weighted by atomic mass is 79.9. The van der Waals surface area contributed by atoms with Gasteiger partial charge in [0.2, 0.25) is 0 Å². The van der Waals surface area contributed by atoms with E-state index >= 15 is 0 Å². The van der Waals surface area contributed by atoms with E-state index in [1.807, 2.05) is 12.1 Å². The van der Waals surface area contributed by atoms with Crippen molar-refractivity contribution in [2.75, 3.05) is 5.32 Å². The number of para-hydroxylation sites is 1. The van der Waals surface area contributed by atoms with Crippen LogP contribution in [0.2, 0.25) is 0 Å². The van der Waals surface area contributed by atoms with Crippen LogP contribution >= 0.6 is 31.9 Å². The van der Waals surface area contributed by atoms with Crippen molar-refractivity contribution in [3.05, 3.63) is 63.2 Å². The van der Waals surface area contributed by atoms with E-state index < -0.39 is 0 Å². The van der Waals surface area contributed by atoms with Gasteiger partial charge in [-0.15, -0.1) is 0 Å². The van der Waals surface area contributed by atoms with Gasteiger partial charge in [-0.05, 0) is 45.8 Å². The van der Waals surface area contributed by atoms with E-state index in [-0.39, 0.29) is 0 Å². The first kappa shape index (κ1) is 13.7. The Morgan fingerprint density at radius 2 is 1.90 bits per heavy atom. The number of fused-ring (bicyclic) bond motifs is 1. The first-order chi connectivity index (χ1) is 9.65. The minimum absolute atomic E-state index is 0.807. The van der Waals surface area contributed by atoms with Crippen LogP contribution in [0.3, 0.4) is 0 Å². The van der Waals surface area contributed by atoms with E-state index in [9.17, 15) is 0 Å². The lowest BCUT2D eigenvalue weighted by atomic mass is 10.2. The Morgan fingerprint density at radius 3 is 2.70 bits per heavy atom. The van der Waals surface area contributed by atoms with Crippen molar-refractivity contribution >= 4 is 48.5 Å². The van der Waals surface area contributed by atoms with Crippen molar-refractivity contribution in [2.45, 2.75) is 6.54 Å². The Labute approximate surface area is 135 Å². The molecule has 0 spiro atoms. The Morgan fingerprint density at radius 1 is 1.10 bits per heavy atom. The van der Waals surface area contributed by atoms with Gasteiger partial charge >= 0.3 is 0 Å². The second-order valence-electron chi connectivity index (χ2n) is 4.76. The fourth-order valence-electron chi connectivity index (χ4n) is 2.39. The summed E-state index contributed by atoms with van der Waals surface area (Å²) in [5.41, 5.74) is 3.67. The molecule has 3 rings (SSSR count). The third-order valence-corrected chi connectivity index (χ3v) is 4.53. The van der Waals surface area contributed by atoms with Crippen LogP contribution < -0.4 is 5.32 Å². The predicted octanol–water partition coefficient (Wildman–Crippen LogP) is 5.32. The van der Waals surface area contributed by atoms with Gasteiger partial charge in [-0.3, -0.25) is 0 Å². The molecule has 0 aliphatic heterocycles. The molecule has 0 aliphatic rings. The molecule has 0 atom stereocenters. The molecule has 1 heterocycles. The van der Waals surface area contributed by atoms with Gasteiger partial charge in [-0.1, -0.05) is 34.1 Å². The third-order valence-electron chi connectivity index (χ3n) is 3.38. The van der Waals surface area contributed by atoms with E-state index in [1.54, 1.807) is 0 Å². The summed E-state index contributed by atoms with van der Waals surface area (Å²) < 4.78 is 4.30. The van der Waals surface area contributed by atoms with E-state index in [1.165, 1.54) is 16.5 Å². The average molecular weight is 394 g/mol. The van der Waals surface area contributed by atoms with Gasteiger partial charge < -0.3 is 9.88 Å². The maximum Gasteiger partial charge on any atom is 0.0488 e. The Bertz CT molecular complexity index is 762. The Balaban J connectivity index is 1.87. The average Bonchev–Trinajstić information content (AvgIpc) is 2.75. The summed E-state index contributed by atoms with van der Waals surface area (Å²) in [5.74, 6) is 0. The van der Waals surface area contributed by atoms with Crippen LogP contribution in [0.15, 0.2) is 57.6 Å². The molecule has 0 unspecified atom stereocenters. The number of rotatable bonds is 3. The van der Waals surface area contributed by atoms with E-state index in [0.29, 0.717) is 0 Å². The molecule has 2 nitrogen and oxygen atoms in total. The van der Waals surface area contributed by atoms with Crippen molar-refractivity contribution in [1.82, 2.24) is 4.57 Å². The highest BCUT2D eigenvalue weighted by Gasteiger charge is 2.06. The molecule has 0 aliphatic carbocycles. The van der Waals surface area contributed by atoms with Crippen molar-refractivity contribution < 1.29 is 0 Å². The number of hydrogen-bond acceptors (Lipinski definition) is 1. The summed E-state index contributed by atoms with van der Waals surface area (Å²) in [6.07, 6.45) is 2.18. The zero-order valence-corrected chi connectivity index (χ0v) is 14.2. The lowest BCUT2D eigenvalue weighted by Crippen LogP contribution is -1.99. The SMILES string of the molecule is Cn1cc(CNc2ccc(Br)cc2Br)c2ccccc21. The molecule has 0 saturated heterocycles. The zero-order chi connectivity index (χ0) is 14.1. The maximum atomic E-state index is 3.58. The monoisotopic (exact) mass is 392 g/mol. The number of anilines is 1. The lowest BCUT2D eigenvalue weighted by molar-refractivity contribution is 0.955. The van der Waals surface area contributed by atoms with Gasteiger partial charge in [0.05, 0.1) is 0 Å². The van der Waals surface area contributed by atoms with Crippen molar-refractivity contribution in [3.63, 3.8) is 0 Å². The predicted molar refractivity (Wildman–Crippen MR) is 92.1 cm³/mol. The van der Waals surface area contributed by atoms with Crippen LogP contribution in [0.4, 0.5) is 5.69 Å². The molecule has 0 radical (unpaired) electrons. The number of aryl methyl sites for hydroxylation is 1. The van der Waals surface area contributed by atoms with Crippen molar-refractivity contribution in [2.24, 2.45) is 7.05 Å². The molecule has 102 valence electrons. The number of nitrogens with one attached hydrogen (secondary N) is 1. The molecule has 1 N–H and O–H groups in total. The highest BCUT2D eigenvalue weighted by Crippen LogP contribution is 2.27. The molecule has 3 aromatic rings. The number of aromatic nitrogens is 1. The molecule has 0 fully saturated rings. The smallest absolute Gasteiger partial charge is 0.0488 e. The van der Waals surface area contributed by atoms with Crippen LogP contribution in [-0.2, 0) is 13.6 Å². The van der Waals surface area contributed by atoms with Gasteiger partial charge in [-0.2, -0.15) is 0 Å². The molecule has 0 amide bonds. The van der Waals surface area contributed by atoms with Crippen LogP contribution in [-0.4, -0.2) is 4.57 Å². The summed E-state index contributed by atoms with van der Waals surface area (Å²) >= 11 is 7.04. The molecular weight excluding hydrogens is 380 g/mol. The molecular formula is C16H14Br2N2. The van der Waals surface area contributed by atoms with E-state index in [2.05, 4.69) is 85.3 Å². The highest BCUT2D eigenvalue weighted by molar-refractivity contribution is 9.11. The summed E-state index contributed by atoms with van der Waals surface area (Å²) in [5, 5.41) is 4.78. The zero-order valence-electron chi connectivity index (χ0n) is 11.0. The lowest BCUT2D eigenvalue weighted by Gasteiger charge is -2.08. The third kappa shape index (κ3) is 2.63. The Hall–Kier alpha value is -1.26. The van der Waals surface area contributed by atoms with Crippen LogP contribution in [0, 0.1) is 0 Å². The topological polar surface area (TPSA) is 17.0 Å². The minimum Gasteiger partial charge on any atom is -0.380 e. The number of hydrogen-bond donors (Lipinski definition) is 1. The normalized spacial score (nSPS) is 10.9. The Kier molecular flexibility index (Phi) is 3.85. The number of nitrogens with zero attached hydrogens (tertiary/aromatic N) is 1. The molecule has 2 aromatic carbocycles. The van der Waals surface area contributed by atoms with Gasteiger partial charge in [0.25, 0.3) is 0 Å². The van der Waals surface area contributed by atoms with Crippen LogP contribution in [0.5, 0.6) is 0 Å². The van der Waals surface area contributed by atoms with Crippen molar-refractivity contribution in [3.8, 4) is 0 Å². The standard InChI is InChI=1S/C16H14Br2N2/c1-20-10-11(13-4-2-3-5-16(13)20)9-19-15-7-6-12(17)8-14(15)18/h2-8,10,19H,9H2,1H3. The first-order valence-corrected chi connectivity index (χ1v) is 7.95. The number of benzene rings is 2. The van der Waals surface area contributed by atoms with E-state index in [4.69, 9.17) is 0 Å². The summed E-state index contributed by atoms with van der Waals surface area (Å²) in [6, 6.07) is 14.6. The fourth-order valence-corrected chi connectivity index (χ4v) is 3.58. The maximum absolute atomic E-state index is 3.58. The summed E-state index contributed by atoms with van der Waals surface area (Å²) in [4.78, 5) is 0. The molecule has 1 aromatic heterocycles. The second kappa shape index (κ2) is 5.62. The summed E-state index contributed by atoms with van der Waals surface area (Å²) in [6.45, 7) is 0.807. The molecule has 20 heavy (non-hydrogen) atoms. The quantitative estimate of drug-likeness (QED) is 0.637. The first-order valence-electron chi connectivity index (χ1n) is 6.37. The van der Waals surface area contributed by atoms with Crippen LogP contribution in [0.25, 0.3) is 10.9 Å².